The average molecular weight is 321 g/mol. The number of anilines is 1. The molecule has 0 radical (unpaired) electrons. The Labute approximate surface area is 132 Å². The quantitative estimate of drug-likeness (QED) is 0.672. The normalized spacial score (nSPS) is 12.1. The van der Waals surface area contributed by atoms with Gasteiger partial charge in [0.15, 0.2) is 0 Å². The van der Waals surface area contributed by atoms with Crippen molar-refractivity contribution in [2.24, 2.45) is 5.16 Å². The fourth-order valence-electron chi connectivity index (χ4n) is 1.62. The minimum absolute atomic E-state index is 0.282. The molecule has 0 heterocycles. The third kappa shape index (κ3) is 4.56. The molecule has 0 spiro atoms. The Morgan fingerprint density at radius 3 is 2.82 bits per heavy atom. The van der Waals surface area contributed by atoms with Gasteiger partial charge in [-0.2, -0.15) is 0 Å². The minimum Gasteiger partial charge on any atom is -0.383 e. The third-order valence-corrected chi connectivity index (χ3v) is 3.01. The van der Waals surface area contributed by atoms with E-state index in [0.717, 1.165) is 0 Å². The summed E-state index contributed by atoms with van der Waals surface area (Å²) in [5.74, 6) is -0.793. The summed E-state index contributed by atoms with van der Waals surface area (Å²) < 4.78 is 13.4. The first kappa shape index (κ1) is 16.0. The Kier molecular flexibility index (Phi) is 5.49. The molecular weight excluding hydrogens is 307 g/mol. The van der Waals surface area contributed by atoms with E-state index in [2.05, 4.69) is 10.5 Å². The van der Waals surface area contributed by atoms with E-state index in [1.807, 2.05) is 0 Å². The van der Waals surface area contributed by atoms with Gasteiger partial charge in [-0.25, -0.2) is 4.39 Å². The zero-order valence-corrected chi connectivity index (χ0v) is 12.5. The molecule has 22 heavy (non-hydrogen) atoms. The predicted octanol–water partition coefficient (Wildman–Crippen LogP) is 3.86. The number of rotatable bonds is 5. The van der Waals surface area contributed by atoms with Gasteiger partial charge in [-0.15, -0.1) is 0 Å². The summed E-state index contributed by atoms with van der Waals surface area (Å²) in [6.45, 7) is 1.54. The highest BCUT2D eigenvalue weighted by atomic mass is 35.5. The van der Waals surface area contributed by atoms with E-state index in [1.54, 1.807) is 49.4 Å². The van der Waals surface area contributed by atoms with Crippen LogP contribution in [-0.4, -0.2) is 18.2 Å². The van der Waals surface area contributed by atoms with E-state index < -0.39 is 11.9 Å². The molecule has 0 aliphatic carbocycles. The summed E-state index contributed by atoms with van der Waals surface area (Å²) in [6.07, 6.45) is 0.389. The molecule has 0 saturated heterocycles. The second-order valence-electron chi connectivity index (χ2n) is 4.50. The summed E-state index contributed by atoms with van der Waals surface area (Å²) in [5, 5.41) is 6.79. The lowest BCUT2D eigenvalue weighted by Crippen LogP contribution is -2.26. The molecule has 2 aromatic rings. The van der Waals surface area contributed by atoms with Crippen molar-refractivity contribution in [2.75, 3.05) is 5.32 Å². The molecule has 114 valence electrons. The molecule has 0 saturated carbocycles. The molecular formula is C16H14ClFN2O2. The van der Waals surface area contributed by atoms with Crippen molar-refractivity contribution in [3.8, 4) is 0 Å². The zero-order chi connectivity index (χ0) is 15.9. The van der Waals surface area contributed by atoms with E-state index >= 15 is 0 Å². The van der Waals surface area contributed by atoms with Crippen LogP contribution in [0.3, 0.4) is 0 Å². The van der Waals surface area contributed by atoms with Crippen LogP contribution < -0.4 is 5.32 Å². The number of oxime groups is 1. The fourth-order valence-corrected chi connectivity index (χ4v) is 1.81. The summed E-state index contributed by atoms with van der Waals surface area (Å²) in [6, 6.07) is 12.9. The van der Waals surface area contributed by atoms with E-state index in [0.29, 0.717) is 10.7 Å². The van der Waals surface area contributed by atoms with Crippen LogP contribution in [0.1, 0.15) is 12.5 Å². The number of benzene rings is 2. The SMILES string of the molecule is C[C@@H](O/N=C\c1ccccc1F)C(=O)Nc1cccc(Cl)c1. The van der Waals surface area contributed by atoms with Gasteiger partial charge < -0.3 is 10.2 Å². The standard InChI is InChI=1S/C16H14ClFN2O2/c1-11(16(21)20-14-7-4-6-13(17)9-14)22-19-10-12-5-2-3-8-15(12)18/h2-11H,1H3,(H,20,21)/b19-10-/t11-/m1/s1. The van der Waals surface area contributed by atoms with Gasteiger partial charge in [0.1, 0.15) is 5.82 Å². The monoisotopic (exact) mass is 320 g/mol. The highest BCUT2D eigenvalue weighted by Crippen LogP contribution is 2.15. The molecule has 0 aromatic heterocycles. The lowest BCUT2D eigenvalue weighted by Gasteiger charge is -2.10. The maximum absolute atomic E-state index is 13.4. The molecule has 0 bridgehead atoms. The molecule has 4 nitrogen and oxygen atoms in total. The lowest BCUT2D eigenvalue weighted by atomic mass is 10.2. The Morgan fingerprint density at radius 1 is 1.32 bits per heavy atom. The predicted molar refractivity (Wildman–Crippen MR) is 84.6 cm³/mol. The maximum Gasteiger partial charge on any atom is 0.267 e. The number of halogens is 2. The molecule has 0 fully saturated rings. The minimum atomic E-state index is -0.831. The second kappa shape index (κ2) is 7.56. The van der Waals surface area contributed by atoms with Crippen LogP contribution in [0, 0.1) is 5.82 Å². The first-order valence-electron chi connectivity index (χ1n) is 6.56. The van der Waals surface area contributed by atoms with Crippen LogP contribution in [0.2, 0.25) is 5.02 Å². The van der Waals surface area contributed by atoms with Crippen LogP contribution in [0.25, 0.3) is 0 Å². The van der Waals surface area contributed by atoms with Crippen molar-refractivity contribution < 1.29 is 14.0 Å². The van der Waals surface area contributed by atoms with Crippen LogP contribution in [0.4, 0.5) is 10.1 Å². The molecule has 1 amide bonds. The number of nitrogens with zero attached hydrogens (tertiary/aromatic N) is 1. The Balaban J connectivity index is 1.90. The molecule has 1 N–H and O–H groups in total. The van der Waals surface area contributed by atoms with Crippen molar-refractivity contribution in [1.82, 2.24) is 0 Å². The van der Waals surface area contributed by atoms with Gasteiger partial charge in [0.05, 0.1) is 6.21 Å². The average Bonchev–Trinajstić information content (AvgIpc) is 2.49. The Bertz CT molecular complexity index is 691. The van der Waals surface area contributed by atoms with Gasteiger partial charge >= 0.3 is 0 Å². The Hall–Kier alpha value is -2.40. The van der Waals surface area contributed by atoms with Crippen LogP contribution in [0.15, 0.2) is 53.7 Å². The number of carbonyl (C=O) groups is 1. The highest BCUT2D eigenvalue weighted by molar-refractivity contribution is 6.30. The largest absolute Gasteiger partial charge is 0.383 e. The van der Waals surface area contributed by atoms with Gasteiger partial charge in [0.2, 0.25) is 6.10 Å². The van der Waals surface area contributed by atoms with E-state index in [9.17, 15) is 9.18 Å². The summed E-state index contributed by atoms with van der Waals surface area (Å²) in [4.78, 5) is 16.9. The molecule has 0 unspecified atom stereocenters. The molecule has 2 aromatic carbocycles. The third-order valence-electron chi connectivity index (χ3n) is 2.78. The number of amides is 1. The maximum atomic E-state index is 13.4. The molecule has 1 atom stereocenters. The molecule has 2 rings (SSSR count). The summed E-state index contributed by atoms with van der Waals surface area (Å²) >= 11 is 5.83. The molecule has 0 aliphatic heterocycles. The first-order chi connectivity index (χ1) is 10.6. The van der Waals surface area contributed by atoms with Gasteiger partial charge in [-0.3, -0.25) is 4.79 Å². The highest BCUT2D eigenvalue weighted by Gasteiger charge is 2.14. The van der Waals surface area contributed by atoms with Gasteiger partial charge in [-0.05, 0) is 31.2 Å². The number of hydrogen-bond acceptors (Lipinski definition) is 3. The molecule has 6 heteroatoms. The summed E-state index contributed by atoms with van der Waals surface area (Å²) in [5.41, 5.74) is 0.844. The number of hydrogen-bond donors (Lipinski definition) is 1. The second-order valence-corrected chi connectivity index (χ2v) is 4.94. The van der Waals surface area contributed by atoms with Crippen LogP contribution >= 0.6 is 11.6 Å². The van der Waals surface area contributed by atoms with Gasteiger partial charge in [0.25, 0.3) is 5.91 Å². The number of nitrogens with one attached hydrogen (secondary N) is 1. The topological polar surface area (TPSA) is 50.7 Å². The van der Waals surface area contributed by atoms with Crippen molar-refractivity contribution in [1.29, 1.82) is 0 Å². The number of carbonyl (C=O) groups excluding carboxylic acids is 1. The van der Waals surface area contributed by atoms with E-state index in [4.69, 9.17) is 16.4 Å². The van der Waals surface area contributed by atoms with Crippen molar-refractivity contribution in [3.05, 3.63) is 64.9 Å². The van der Waals surface area contributed by atoms with Crippen molar-refractivity contribution in [3.63, 3.8) is 0 Å². The van der Waals surface area contributed by atoms with E-state index in [-0.39, 0.29) is 11.5 Å². The fraction of sp³-hybridized carbons (Fsp3) is 0.125. The van der Waals surface area contributed by atoms with Crippen molar-refractivity contribution >= 4 is 29.4 Å². The van der Waals surface area contributed by atoms with Gasteiger partial charge in [-0.1, -0.05) is 41.0 Å². The van der Waals surface area contributed by atoms with Gasteiger partial charge in [0, 0.05) is 16.3 Å². The van der Waals surface area contributed by atoms with Crippen LogP contribution in [-0.2, 0) is 9.63 Å². The Morgan fingerprint density at radius 2 is 2.09 bits per heavy atom. The smallest absolute Gasteiger partial charge is 0.267 e. The van der Waals surface area contributed by atoms with Crippen molar-refractivity contribution in [2.45, 2.75) is 13.0 Å². The zero-order valence-electron chi connectivity index (χ0n) is 11.8. The summed E-state index contributed by atoms with van der Waals surface area (Å²) in [7, 11) is 0. The first-order valence-corrected chi connectivity index (χ1v) is 6.94. The molecule has 0 aliphatic rings. The van der Waals surface area contributed by atoms with Crippen LogP contribution in [0.5, 0.6) is 0 Å². The lowest BCUT2D eigenvalue weighted by molar-refractivity contribution is -0.126. The van der Waals surface area contributed by atoms with E-state index in [1.165, 1.54) is 12.3 Å².